The van der Waals surface area contributed by atoms with E-state index in [-0.39, 0.29) is 5.43 Å². The molecule has 0 bridgehead atoms. The maximum absolute atomic E-state index is 12.7. The van der Waals surface area contributed by atoms with E-state index >= 15 is 0 Å². The van der Waals surface area contributed by atoms with Gasteiger partial charge in [-0.25, -0.2) is 0 Å². The molecule has 0 aliphatic carbocycles. The number of halogens is 1. The van der Waals surface area contributed by atoms with Crippen LogP contribution < -0.4 is 5.43 Å². The molecule has 4 rings (SSSR count). The number of fused-ring (bicyclic) bond motifs is 4. The molecular weight excluding hydrogens is 272 g/mol. The van der Waals surface area contributed by atoms with Gasteiger partial charge in [0.25, 0.3) is 0 Å². The van der Waals surface area contributed by atoms with Crippen molar-refractivity contribution < 1.29 is 4.42 Å². The molecule has 4 aromatic rings. The lowest BCUT2D eigenvalue weighted by atomic mass is 10.0. The molecular formula is C17H9ClO2. The SMILES string of the molecule is O=c1c2ccccc2oc2ccc3c(Cl)cccc3c12. The Kier molecular flexibility index (Phi) is 2.35. The van der Waals surface area contributed by atoms with Crippen molar-refractivity contribution in [1.82, 2.24) is 0 Å². The lowest BCUT2D eigenvalue weighted by Crippen LogP contribution is -2.02. The molecule has 0 aliphatic heterocycles. The van der Waals surface area contributed by atoms with Crippen LogP contribution in [0.4, 0.5) is 0 Å². The quantitative estimate of drug-likeness (QED) is 0.344. The van der Waals surface area contributed by atoms with Crippen LogP contribution in [0.15, 0.2) is 63.8 Å². The van der Waals surface area contributed by atoms with E-state index in [1.807, 2.05) is 36.4 Å². The lowest BCUT2D eigenvalue weighted by Gasteiger charge is -2.05. The van der Waals surface area contributed by atoms with E-state index in [0.717, 1.165) is 10.8 Å². The Morgan fingerprint density at radius 3 is 2.45 bits per heavy atom. The van der Waals surface area contributed by atoms with Crippen molar-refractivity contribution in [2.75, 3.05) is 0 Å². The van der Waals surface area contributed by atoms with E-state index < -0.39 is 0 Å². The van der Waals surface area contributed by atoms with Crippen LogP contribution in [0.5, 0.6) is 0 Å². The summed E-state index contributed by atoms with van der Waals surface area (Å²) in [6.07, 6.45) is 0. The summed E-state index contributed by atoms with van der Waals surface area (Å²) in [5.74, 6) is 0. The lowest BCUT2D eigenvalue weighted by molar-refractivity contribution is 0.660. The van der Waals surface area contributed by atoms with Crippen molar-refractivity contribution in [3.63, 3.8) is 0 Å². The third-order valence-electron chi connectivity index (χ3n) is 3.55. The van der Waals surface area contributed by atoms with E-state index in [4.69, 9.17) is 16.0 Å². The second-order valence-electron chi connectivity index (χ2n) is 4.70. The topological polar surface area (TPSA) is 30.2 Å². The molecule has 1 heterocycles. The second-order valence-corrected chi connectivity index (χ2v) is 5.11. The fourth-order valence-electron chi connectivity index (χ4n) is 2.62. The second kappa shape index (κ2) is 4.09. The average molecular weight is 281 g/mol. The molecule has 3 aromatic carbocycles. The van der Waals surface area contributed by atoms with Crippen LogP contribution in [0.25, 0.3) is 32.7 Å². The summed E-state index contributed by atoms with van der Waals surface area (Å²) in [5.41, 5.74) is 1.17. The van der Waals surface area contributed by atoms with Gasteiger partial charge in [-0.1, -0.05) is 35.9 Å². The number of hydrogen-bond donors (Lipinski definition) is 0. The van der Waals surface area contributed by atoms with Gasteiger partial charge in [-0.2, -0.15) is 0 Å². The Bertz CT molecular complexity index is 1030. The van der Waals surface area contributed by atoms with Crippen LogP contribution in [0.3, 0.4) is 0 Å². The van der Waals surface area contributed by atoms with Crippen LogP contribution in [0.1, 0.15) is 0 Å². The normalized spacial score (nSPS) is 11.4. The van der Waals surface area contributed by atoms with Gasteiger partial charge in [0.05, 0.1) is 10.8 Å². The number of benzene rings is 3. The molecule has 2 nitrogen and oxygen atoms in total. The smallest absolute Gasteiger partial charge is 0.201 e. The standard InChI is InChI=1S/C17H9ClO2/c18-13-6-3-5-11-10(13)8-9-15-16(11)17(19)12-4-1-2-7-14(12)20-15/h1-9H. The van der Waals surface area contributed by atoms with Crippen LogP contribution in [0.2, 0.25) is 5.02 Å². The molecule has 1 aromatic heterocycles. The highest BCUT2D eigenvalue weighted by Gasteiger charge is 2.11. The summed E-state index contributed by atoms with van der Waals surface area (Å²) in [6.45, 7) is 0. The summed E-state index contributed by atoms with van der Waals surface area (Å²) < 4.78 is 5.83. The third-order valence-corrected chi connectivity index (χ3v) is 3.88. The van der Waals surface area contributed by atoms with E-state index in [9.17, 15) is 4.79 Å². The molecule has 0 unspecified atom stereocenters. The van der Waals surface area contributed by atoms with E-state index in [2.05, 4.69) is 0 Å². The summed E-state index contributed by atoms with van der Waals surface area (Å²) >= 11 is 6.20. The zero-order valence-electron chi connectivity index (χ0n) is 10.4. The van der Waals surface area contributed by atoms with Crippen LogP contribution >= 0.6 is 11.6 Å². The Morgan fingerprint density at radius 2 is 1.55 bits per heavy atom. The van der Waals surface area contributed by atoms with Crippen LogP contribution in [-0.2, 0) is 0 Å². The monoisotopic (exact) mass is 280 g/mol. The minimum absolute atomic E-state index is 0.0188. The van der Waals surface area contributed by atoms with Crippen LogP contribution in [-0.4, -0.2) is 0 Å². The van der Waals surface area contributed by atoms with E-state index in [0.29, 0.717) is 27.0 Å². The van der Waals surface area contributed by atoms with Gasteiger partial charge in [0.2, 0.25) is 5.43 Å². The molecule has 0 amide bonds. The van der Waals surface area contributed by atoms with Gasteiger partial charge < -0.3 is 4.42 Å². The maximum Gasteiger partial charge on any atom is 0.201 e. The Balaban J connectivity index is 2.36. The van der Waals surface area contributed by atoms with Crippen molar-refractivity contribution in [3.05, 3.63) is 69.8 Å². The molecule has 0 N–H and O–H groups in total. The molecule has 96 valence electrons. The summed E-state index contributed by atoms with van der Waals surface area (Å²) in [5, 5.41) is 3.51. The Labute approximate surface area is 119 Å². The van der Waals surface area contributed by atoms with Crippen molar-refractivity contribution in [3.8, 4) is 0 Å². The predicted molar refractivity (Wildman–Crippen MR) is 82.5 cm³/mol. The van der Waals surface area contributed by atoms with E-state index in [1.165, 1.54) is 0 Å². The minimum atomic E-state index is -0.0188. The van der Waals surface area contributed by atoms with Crippen molar-refractivity contribution >= 4 is 44.3 Å². The zero-order valence-corrected chi connectivity index (χ0v) is 11.1. The molecule has 0 atom stereocenters. The Morgan fingerprint density at radius 1 is 0.750 bits per heavy atom. The fraction of sp³-hybridized carbons (Fsp3) is 0. The summed E-state index contributed by atoms with van der Waals surface area (Å²) in [6, 6.07) is 16.5. The van der Waals surface area contributed by atoms with Crippen molar-refractivity contribution in [2.45, 2.75) is 0 Å². The van der Waals surface area contributed by atoms with Crippen LogP contribution in [0, 0.1) is 0 Å². The number of hydrogen-bond acceptors (Lipinski definition) is 2. The summed E-state index contributed by atoms with van der Waals surface area (Å²) in [4.78, 5) is 12.7. The highest BCUT2D eigenvalue weighted by molar-refractivity contribution is 6.36. The van der Waals surface area contributed by atoms with E-state index in [1.54, 1.807) is 18.2 Å². The predicted octanol–water partition coefficient (Wildman–Crippen LogP) is 4.75. The minimum Gasteiger partial charge on any atom is -0.456 e. The van der Waals surface area contributed by atoms with Gasteiger partial charge in [-0.15, -0.1) is 0 Å². The van der Waals surface area contributed by atoms with Crippen molar-refractivity contribution in [1.29, 1.82) is 0 Å². The molecule has 3 heteroatoms. The first-order valence-corrected chi connectivity index (χ1v) is 6.66. The Hall–Kier alpha value is -2.32. The average Bonchev–Trinajstić information content (AvgIpc) is 2.47. The molecule has 0 radical (unpaired) electrons. The van der Waals surface area contributed by atoms with Gasteiger partial charge in [-0.3, -0.25) is 4.79 Å². The third kappa shape index (κ3) is 1.49. The largest absolute Gasteiger partial charge is 0.456 e. The molecule has 0 saturated carbocycles. The molecule has 0 aliphatic rings. The van der Waals surface area contributed by atoms with Gasteiger partial charge in [0.1, 0.15) is 11.2 Å². The molecule has 0 saturated heterocycles. The van der Waals surface area contributed by atoms with Gasteiger partial charge in [0, 0.05) is 10.4 Å². The molecule has 0 fully saturated rings. The highest BCUT2D eigenvalue weighted by Crippen LogP contribution is 2.29. The number of para-hydroxylation sites is 1. The zero-order chi connectivity index (χ0) is 13.7. The van der Waals surface area contributed by atoms with Gasteiger partial charge >= 0.3 is 0 Å². The molecule has 0 spiro atoms. The molecule has 20 heavy (non-hydrogen) atoms. The highest BCUT2D eigenvalue weighted by atomic mass is 35.5. The van der Waals surface area contributed by atoms with Gasteiger partial charge in [0.15, 0.2) is 0 Å². The fourth-order valence-corrected chi connectivity index (χ4v) is 2.85. The van der Waals surface area contributed by atoms with Gasteiger partial charge in [-0.05, 0) is 35.7 Å². The maximum atomic E-state index is 12.7. The number of rotatable bonds is 0. The summed E-state index contributed by atoms with van der Waals surface area (Å²) in [7, 11) is 0. The first-order valence-electron chi connectivity index (χ1n) is 6.28. The van der Waals surface area contributed by atoms with Crippen molar-refractivity contribution in [2.24, 2.45) is 0 Å². The first-order chi connectivity index (χ1) is 9.75. The first kappa shape index (κ1) is 11.5.